The van der Waals surface area contributed by atoms with Gasteiger partial charge in [0.25, 0.3) is 5.69 Å². The molecule has 0 aliphatic heterocycles. The molecule has 0 aliphatic rings. The van der Waals surface area contributed by atoms with Crippen LogP contribution in [0.3, 0.4) is 0 Å². The highest BCUT2D eigenvalue weighted by Gasteiger charge is 2.12. The number of anilines is 1. The van der Waals surface area contributed by atoms with Crippen LogP contribution >= 0.6 is 0 Å². The molecule has 0 atom stereocenters. The Morgan fingerprint density at radius 1 is 1.53 bits per heavy atom. The minimum Gasteiger partial charge on any atom is -0.490 e. The van der Waals surface area contributed by atoms with Gasteiger partial charge in [-0.3, -0.25) is 10.1 Å². The van der Waals surface area contributed by atoms with Crippen LogP contribution in [0.4, 0.5) is 11.4 Å². The predicted octanol–water partition coefficient (Wildman–Crippen LogP) is 2.06. The number of terminal acetylenes is 1. The van der Waals surface area contributed by atoms with Crippen molar-refractivity contribution in [2.45, 2.75) is 6.42 Å². The first kappa shape index (κ1) is 12.8. The molecule has 0 bridgehead atoms. The molecule has 0 N–H and O–H groups in total. The van der Waals surface area contributed by atoms with E-state index in [1.54, 1.807) is 6.07 Å². The molecule has 0 aliphatic carbocycles. The summed E-state index contributed by atoms with van der Waals surface area (Å²) in [6, 6.07) is 4.51. The lowest BCUT2D eigenvalue weighted by Crippen LogP contribution is -2.11. The summed E-state index contributed by atoms with van der Waals surface area (Å²) in [6.07, 6.45) is 5.59. The van der Waals surface area contributed by atoms with Crippen molar-refractivity contribution in [3.63, 3.8) is 0 Å². The molecule has 0 amide bonds. The summed E-state index contributed by atoms with van der Waals surface area (Å²) in [7, 11) is 3.68. The van der Waals surface area contributed by atoms with Crippen LogP contribution in [-0.2, 0) is 0 Å². The molecule has 0 heterocycles. The third-order valence-corrected chi connectivity index (χ3v) is 2.14. The molecule has 90 valence electrons. The molecule has 0 saturated heterocycles. The van der Waals surface area contributed by atoms with Crippen molar-refractivity contribution in [2.75, 3.05) is 25.6 Å². The van der Waals surface area contributed by atoms with Crippen LogP contribution in [0, 0.1) is 22.5 Å². The van der Waals surface area contributed by atoms with Gasteiger partial charge in [0.2, 0.25) is 0 Å². The molecule has 0 radical (unpaired) electrons. The molecule has 0 fully saturated rings. The van der Waals surface area contributed by atoms with Crippen molar-refractivity contribution in [2.24, 2.45) is 0 Å². The van der Waals surface area contributed by atoms with Crippen LogP contribution < -0.4 is 9.64 Å². The molecular weight excluding hydrogens is 220 g/mol. The second-order valence-electron chi connectivity index (χ2n) is 3.61. The lowest BCUT2D eigenvalue weighted by atomic mass is 10.2. The van der Waals surface area contributed by atoms with Crippen LogP contribution in [0.1, 0.15) is 6.42 Å². The molecular formula is C12H14N2O3. The molecule has 0 unspecified atom stereocenters. The molecule has 0 saturated carbocycles. The van der Waals surface area contributed by atoms with Gasteiger partial charge in [-0.1, -0.05) is 0 Å². The highest BCUT2D eigenvalue weighted by atomic mass is 16.6. The van der Waals surface area contributed by atoms with Crippen LogP contribution in [0.25, 0.3) is 0 Å². The third-order valence-electron chi connectivity index (χ3n) is 2.14. The summed E-state index contributed by atoms with van der Waals surface area (Å²) >= 11 is 0. The van der Waals surface area contributed by atoms with Gasteiger partial charge >= 0.3 is 0 Å². The molecule has 0 aromatic heterocycles. The van der Waals surface area contributed by atoms with E-state index in [0.717, 1.165) is 5.69 Å². The fourth-order valence-electron chi connectivity index (χ4n) is 1.32. The van der Waals surface area contributed by atoms with Crippen LogP contribution in [0.2, 0.25) is 0 Å². The van der Waals surface area contributed by atoms with Crippen molar-refractivity contribution in [3.8, 4) is 18.1 Å². The summed E-state index contributed by atoms with van der Waals surface area (Å²) in [5.74, 6) is 2.92. The Balaban J connectivity index is 2.99. The van der Waals surface area contributed by atoms with E-state index in [-0.39, 0.29) is 5.69 Å². The van der Waals surface area contributed by atoms with Gasteiger partial charge in [0.1, 0.15) is 5.75 Å². The number of nitro benzene ring substituents is 1. The van der Waals surface area contributed by atoms with E-state index in [2.05, 4.69) is 5.92 Å². The first-order valence-corrected chi connectivity index (χ1v) is 5.08. The summed E-state index contributed by atoms with van der Waals surface area (Å²) < 4.78 is 5.44. The van der Waals surface area contributed by atoms with Crippen LogP contribution in [0.5, 0.6) is 5.75 Å². The van der Waals surface area contributed by atoms with Crippen LogP contribution in [0.15, 0.2) is 18.2 Å². The maximum Gasteiger partial charge on any atom is 0.273 e. The second kappa shape index (κ2) is 5.75. The van der Waals surface area contributed by atoms with Gasteiger partial charge in [-0.25, -0.2) is 0 Å². The first-order valence-electron chi connectivity index (χ1n) is 5.08. The summed E-state index contributed by atoms with van der Waals surface area (Å²) in [6.45, 7) is 0.346. The minimum atomic E-state index is -0.451. The van der Waals surface area contributed by atoms with Gasteiger partial charge in [0.15, 0.2) is 0 Å². The zero-order valence-corrected chi connectivity index (χ0v) is 9.84. The Labute approximate surface area is 100 Å². The predicted molar refractivity (Wildman–Crippen MR) is 66.4 cm³/mol. The topological polar surface area (TPSA) is 55.6 Å². The molecule has 0 spiro atoms. The fourth-order valence-corrected chi connectivity index (χ4v) is 1.32. The number of rotatable bonds is 5. The normalized spacial score (nSPS) is 9.47. The van der Waals surface area contributed by atoms with Crippen molar-refractivity contribution in [1.29, 1.82) is 0 Å². The number of nitrogens with zero attached hydrogens (tertiary/aromatic N) is 2. The molecule has 5 nitrogen and oxygen atoms in total. The summed E-state index contributed by atoms with van der Waals surface area (Å²) in [5.41, 5.74) is 0.791. The summed E-state index contributed by atoms with van der Waals surface area (Å²) in [5, 5.41) is 10.7. The third kappa shape index (κ3) is 3.38. The van der Waals surface area contributed by atoms with Crippen molar-refractivity contribution in [1.82, 2.24) is 0 Å². The highest BCUT2D eigenvalue weighted by Crippen LogP contribution is 2.31. The lowest BCUT2D eigenvalue weighted by Gasteiger charge is -2.17. The number of ether oxygens (including phenoxy) is 1. The zero-order valence-electron chi connectivity index (χ0n) is 9.84. The van der Waals surface area contributed by atoms with Gasteiger partial charge in [0, 0.05) is 26.6 Å². The van der Waals surface area contributed by atoms with Crippen molar-refractivity contribution >= 4 is 11.4 Å². The van der Waals surface area contributed by atoms with E-state index < -0.39 is 4.92 Å². The highest BCUT2D eigenvalue weighted by molar-refractivity contribution is 5.61. The van der Waals surface area contributed by atoms with Gasteiger partial charge in [-0.2, -0.15) is 0 Å². The number of benzene rings is 1. The van der Waals surface area contributed by atoms with E-state index in [0.29, 0.717) is 18.8 Å². The first-order chi connectivity index (χ1) is 8.06. The quantitative estimate of drug-likeness (QED) is 0.338. The number of non-ortho nitro benzene ring substituents is 1. The van der Waals surface area contributed by atoms with Gasteiger partial charge in [-0.15, -0.1) is 12.3 Å². The number of nitro groups is 1. The molecule has 5 heteroatoms. The zero-order chi connectivity index (χ0) is 12.8. The Hall–Kier alpha value is -2.22. The van der Waals surface area contributed by atoms with Crippen LogP contribution in [-0.4, -0.2) is 25.6 Å². The van der Waals surface area contributed by atoms with Crippen molar-refractivity contribution in [3.05, 3.63) is 28.3 Å². The lowest BCUT2D eigenvalue weighted by molar-refractivity contribution is -0.384. The van der Waals surface area contributed by atoms with E-state index in [1.165, 1.54) is 12.1 Å². The number of hydrogen-bond acceptors (Lipinski definition) is 4. The van der Waals surface area contributed by atoms with Crippen molar-refractivity contribution < 1.29 is 9.66 Å². The van der Waals surface area contributed by atoms with E-state index >= 15 is 0 Å². The Morgan fingerprint density at radius 3 is 2.76 bits per heavy atom. The second-order valence-corrected chi connectivity index (χ2v) is 3.61. The van der Waals surface area contributed by atoms with Gasteiger partial charge in [-0.05, 0) is 6.07 Å². The largest absolute Gasteiger partial charge is 0.490 e. The molecule has 1 aromatic rings. The smallest absolute Gasteiger partial charge is 0.273 e. The molecule has 1 rings (SSSR count). The van der Waals surface area contributed by atoms with Gasteiger partial charge in [0.05, 0.1) is 23.3 Å². The average Bonchev–Trinajstić information content (AvgIpc) is 2.28. The molecule has 1 aromatic carbocycles. The van der Waals surface area contributed by atoms with E-state index in [9.17, 15) is 10.1 Å². The average molecular weight is 234 g/mol. The van der Waals surface area contributed by atoms with E-state index in [1.807, 2.05) is 19.0 Å². The monoisotopic (exact) mass is 234 g/mol. The van der Waals surface area contributed by atoms with E-state index in [4.69, 9.17) is 11.2 Å². The SMILES string of the molecule is C#CCCOc1cc([N+](=O)[O-])ccc1N(C)C. The Kier molecular flexibility index (Phi) is 4.35. The maximum absolute atomic E-state index is 10.7. The standard InChI is InChI=1S/C12H14N2O3/c1-4-5-8-17-12-9-10(14(15)16)6-7-11(12)13(2)3/h1,6-7,9H,5,8H2,2-3H3. The number of hydrogen-bond donors (Lipinski definition) is 0. The minimum absolute atomic E-state index is 0.00584. The summed E-state index contributed by atoms with van der Waals surface area (Å²) in [4.78, 5) is 12.0. The Morgan fingerprint density at radius 2 is 2.24 bits per heavy atom. The Bertz CT molecular complexity index is 450. The maximum atomic E-state index is 10.7. The molecule has 17 heavy (non-hydrogen) atoms. The van der Waals surface area contributed by atoms with Gasteiger partial charge < -0.3 is 9.64 Å². The fraction of sp³-hybridized carbons (Fsp3) is 0.333.